The quantitative estimate of drug-likeness (QED) is 0.772. The first kappa shape index (κ1) is 16.6. The molecule has 0 aliphatic rings. The van der Waals surface area contributed by atoms with Crippen LogP contribution in [0.3, 0.4) is 0 Å². The highest BCUT2D eigenvalue weighted by atomic mass is 14.8. The summed E-state index contributed by atoms with van der Waals surface area (Å²) in [5, 5.41) is 8.56. The normalized spacial score (nSPS) is 11.1. The van der Waals surface area contributed by atoms with E-state index in [1.54, 1.807) is 6.20 Å². The lowest BCUT2D eigenvalue weighted by Crippen LogP contribution is -1.98. The van der Waals surface area contributed by atoms with Crippen molar-refractivity contribution < 1.29 is 0 Å². The molecule has 0 spiro atoms. The summed E-state index contributed by atoms with van der Waals surface area (Å²) in [6, 6.07) is 1.96. The second-order valence-corrected chi connectivity index (χ2v) is 4.48. The molecule has 1 aromatic rings. The third-order valence-electron chi connectivity index (χ3n) is 2.78. The molecule has 0 bridgehead atoms. The molecule has 0 N–H and O–H groups in total. The van der Waals surface area contributed by atoms with Gasteiger partial charge in [0.15, 0.2) is 5.69 Å². The lowest BCUT2D eigenvalue weighted by atomic mass is 10.0. The van der Waals surface area contributed by atoms with Crippen LogP contribution < -0.4 is 0 Å². The van der Waals surface area contributed by atoms with E-state index in [1.165, 1.54) is 31.9 Å². The van der Waals surface area contributed by atoms with Crippen molar-refractivity contribution in [2.24, 2.45) is 0 Å². The van der Waals surface area contributed by atoms with E-state index in [1.807, 2.05) is 6.07 Å². The summed E-state index contributed by atoms with van der Waals surface area (Å²) in [4.78, 5) is 8.22. The summed E-state index contributed by atoms with van der Waals surface area (Å²) in [7, 11) is 0. The van der Waals surface area contributed by atoms with E-state index in [0.29, 0.717) is 11.6 Å². The van der Waals surface area contributed by atoms with Crippen LogP contribution in [0.15, 0.2) is 12.4 Å². The van der Waals surface area contributed by atoms with Gasteiger partial charge in [-0.15, -0.1) is 0 Å². The van der Waals surface area contributed by atoms with Gasteiger partial charge in [0, 0.05) is 0 Å². The molecule has 18 heavy (non-hydrogen) atoms. The van der Waals surface area contributed by atoms with E-state index >= 15 is 0 Å². The van der Waals surface area contributed by atoms with Crippen LogP contribution in [0, 0.1) is 11.3 Å². The van der Waals surface area contributed by atoms with Crippen LogP contribution >= 0.6 is 0 Å². The summed E-state index contributed by atoms with van der Waals surface area (Å²) in [6.07, 6.45) is 9.44. The summed E-state index contributed by atoms with van der Waals surface area (Å²) >= 11 is 0. The zero-order valence-corrected chi connectivity index (χ0v) is 12.1. The Morgan fingerprint density at radius 3 is 2.17 bits per heavy atom. The third kappa shape index (κ3) is 7.01. The first-order valence-electron chi connectivity index (χ1n) is 6.91. The van der Waals surface area contributed by atoms with E-state index < -0.39 is 0 Å². The summed E-state index contributed by atoms with van der Waals surface area (Å²) < 4.78 is 0. The molecule has 1 atom stereocenters. The highest BCUT2D eigenvalue weighted by molar-refractivity contribution is 5.17. The van der Waals surface area contributed by atoms with Gasteiger partial charge in [0.25, 0.3) is 0 Å². The van der Waals surface area contributed by atoms with Crippen LogP contribution in [0.5, 0.6) is 0 Å². The van der Waals surface area contributed by atoms with Crippen LogP contribution in [0.4, 0.5) is 0 Å². The van der Waals surface area contributed by atoms with Crippen molar-refractivity contribution in [3.05, 3.63) is 23.8 Å². The maximum absolute atomic E-state index is 8.56. The molecule has 1 unspecified atom stereocenters. The number of nitriles is 1. The average Bonchev–Trinajstić information content (AvgIpc) is 2.45. The molecule has 100 valence electrons. The molecule has 3 heteroatoms. The fraction of sp³-hybridized carbons (Fsp3) is 0.667. The number of nitrogens with zero attached hydrogens (tertiary/aromatic N) is 3. The van der Waals surface area contributed by atoms with E-state index in [0.717, 1.165) is 12.1 Å². The van der Waals surface area contributed by atoms with Gasteiger partial charge in [-0.2, -0.15) is 5.26 Å². The first-order valence-corrected chi connectivity index (χ1v) is 6.91. The van der Waals surface area contributed by atoms with Crippen molar-refractivity contribution in [3.8, 4) is 6.07 Å². The van der Waals surface area contributed by atoms with Gasteiger partial charge in [-0.05, 0) is 12.3 Å². The molecule has 0 radical (unpaired) electrons. The fourth-order valence-corrected chi connectivity index (χ4v) is 1.31. The molecular formula is C15H25N3. The van der Waals surface area contributed by atoms with Crippen LogP contribution in [-0.2, 0) is 0 Å². The predicted octanol–water partition coefficient (Wildman–Crippen LogP) is 4.45. The van der Waals surface area contributed by atoms with Crippen LogP contribution in [0.1, 0.15) is 77.1 Å². The Balaban J connectivity index is 0.000000631. The number of rotatable bonds is 5. The fourth-order valence-electron chi connectivity index (χ4n) is 1.31. The SMILES string of the molecule is CCCC.CCCCC(C)c1cnc(C#N)cn1. The zero-order valence-electron chi connectivity index (χ0n) is 12.1. The lowest BCUT2D eigenvalue weighted by molar-refractivity contribution is 0.609. The van der Waals surface area contributed by atoms with E-state index in [4.69, 9.17) is 5.26 Å². The molecule has 0 saturated heterocycles. The molecule has 1 heterocycles. The largest absolute Gasteiger partial charge is 0.256 e. The van der Waals surface area contributed by atoms with E-state index in [2.05, 4.69) is 37.7 Å². The van der Waals surface area contributed by atoms with Gasteiger partial charge in [-0.3, -0.25) is 4.98 Å². The standard InChI is InChI=1S/C11H15N3.C4H10/c1-3-4-5-9(2)11-8-13-10(6-12)7-14-11;1-3-4-2/h7-9H,3-5H2,1-2H3;3-4H2,1-2H3. The predicted molar refractivity (Wildman–Crippen MR) is 75.3 cm³/mol. The summed E-state index contributed by atoms with van der Waals surface area (Å²) in [6.45, 7) is 8.68. The maximum Gasteiger partial charge on any atom is 0.158 e. The molecule has 0 fully saturated rings. The average molecular weight is 247 g/mol. The molecule has 0 amide bonds. The van der Waals surface area contributed by atoms with Gasteiger partial charge in [-0.25, -0.2) is 4.98 Å². The number of unbranched alkanes of at least 4 members (excludes halogenated alkanes) is 2. The van der Waals surface area contributed by atoms with Crippen molar-refractivity contribution in [1.82, 2.24) is 9.97 Å². The number of aromatic nitrogens is 2. The molecule has 0 aliphatic heterocycles. The molecule has 3 nitrogen and oxygen atoms in total. The van der Waals surface area contributed by atoms with Crippen molar-refractivity contribution in [1.29, 1.82) is 5.26 Å². The molecule has 0 aromatic carbocycles. The van der Waals surface area contributed by atoms with Crippen LogP contribution in [0.25, 0.3) is 0 Å². The Morgan fingerprint density at radius 1 is 1.11 bits per heavy atom. The Hall–Kier alpha value is -1.43. The highest BCUT2D eigenvalue weighted by Crippen LogP contribution is 2.18. The Kier molecular flexibility index (Phi) is 9.86. The smallest absolute Gasteiger partial charge is 0.158 e. The van der Waals surface area contributed by atoms with Gasteiger partial charge in [-0.1, -0.05) is 53.4 Å². The minimum absolute atomic E-state index is 0.386. The van der Waals surface area contributed by atoms with Crippen molar-refractivity contribution >= 4 is 0 Å². The third-order valence-corrected chi connectivity index (χ3v) is 2.78. The van der Waals surface area contributed by atoms with Crippen molar-refractivity contribution in [3.63, 3.8) is 0 Å². The second kappa shape index (κ2) is 10.7. The maximum atomic E-state index is 8.56. The zero-order chi connectivity index (χ0) is 13.8. The van der Waals surface area contributed by atoms with Gasteiger partial charge in [0.2, 0.25) is 0 Å². The monoisotopic (exact) mass is 247 g/mol. The molecule has 0 saturated carbocycles. The molecule has 1 aromatic heterocycles. The Labute approximate surface area is 111 Å². The second-order valence-electron chi connectivity index (χ2n) is 4.48. The van der Waals surface area contributed by atoms with E-state index in [9.17, 15) is 0 Å². The Morgan fingerprint density at radius 2 is 1.78 bits per heavy atom. The van der Waals surface area contributed by atoms with Gasteiger partial charge < -0.3 is 0 Å². The van der Waals surface area contributed by atoms with Crippen LogP contribution in [-0.4, -0.2) is 9.97 Å². The molecule has 1 rings (SSSR count). The van der Waals surface area contributed by atoms with Crippen molar-refractivity contribution in [2.45, 2.75) is 65.7 Å². The van der Waals surface area contributed by atoms with E-state index in [-0.39, 0.29) is 0 Å². The van der Waals surface area contributed by atoms with Gasteiger partial charge in [0.05, 0.1) is 18.1 Å². The minimum Gasteiger partial charge on any atom is -0.256 e. The van der Waals surface area contributed by atoms with Crippen molar-refractivity contribution in [2.75, 3.05) is 0 Å². The van der Waals surface area contributed by atoms with Gasteiger partial charge in [0.1, 0.15) is 6.07 Å². The summed E-state index contributed by atoms with van der Waals surface area (Å²) in [5.74, 6) is 0.440. The topological polar surface area (TPSA) is 49.6 Å². The molecular weight excluding hydrogens is 222 g/mol. The Bertz CT molecular complexity index is 336. The summed E-state index contributed by atoms with van der Waals surface area (Å²) in [5.41, 5.74) is 1.37. The first-order chi connectivity index (χ1) is 8.69. The lowest BCUT2D eigenvalue weighted by Gasteiger charge is -2.08. The van der Waals surface area contributed by atoms with Gasteiger partial charge >= 0.3 is 0 Å². The molecule has 0 aliphatic carbocycles. The minimum atomic E-state index is 0.386. The highest BCUT2D eigenvalue weighted by Gasteiger charge is 2.06. The number of hydrogen-bond acceptors (Lipinski definition) is 3. The number of hydrogen-bond donors (Lipinski definition) is 0. The van der Waals surface area contributed by atoms with Crippen LogP contribution in [0.2, 0.25) is 0 Å².